The molecule has 0 unspecified atom stereocenters. The Kier molecular flexibility index (Phi) is 7.78. The van der Waals surface area contributed by atoms with Crippen LogP contribution in [0.5, 0.6) is 5.88 Å². The second kappa shape index (κ2) is 11.3. The SMILES string of the molecule is CCN(CC)c1ccc(/C=C(/NC(=O)c2ccccc2)C(=O)N=Nc2c(O)[nH]c3ccc(C)cc23)cc1. The van der Waals surface area contributed by atoms with E-state index in [1.165, 1.54) is 0 Å². The number of H-pyrrole nitrogens is 1. The maximum absolute atomic E-state index is 13.1. The second-order valence-corrected chi connectivity index (χ2v) is 8.52. The molecule has 0 aliphatic carbocycles. The van der Waals surface area contributed by atoms with Gasteiger partial charge in [0.2, 0.25) is 5.88 Å². The quantitative estimate of drug-likeness (QED) is 0.202. The van der Waals surface area contributed by atoms with Gasteiger partial charge in [-0.2, -0.15) is 0 Å². The molecule has 0 saturated carbocycles. The van der Waals surface area contributed by atoms with Crippen molar-refractivity contribution in [2.45, 2.75) is 20.8 Å². The average molecular weight is 496 g/mol. The first-order valence-corrected chi connectivity index (χ1v) is 12.1. The van der Waals surface area contributed by atoms with Crippen LogP contribution in [0.4, 0.5) is 11.4 Å². The summed E-state index contributed by atoms with van der Waals surface area (Å²) in [5.41, 5.74) is 3.94. The molecule has 2 amide bonds. The van der Waals surface area contributed by atoms with E-state index in [0.717, 1.165) is 24.3 Å². The van der Waals surface area contributed by atoms with Crippen molar-refractivity contribution in [2.75, 3.05) is 18.0 Å². The maximum Gasteiger partial charge on any atom is 0.311 e. The normalized spacial score (nSPS) is 11.7. The van der Waals surface area contributed by atoms with Gasteiger partial charge in [-0.3, -0.25) is 9.59 Å². The number of aromatic nitrogens is 1. The fourth-order valence-corrected chi connectivity index (χ4v) is 4.00. The van der Waals surface area contributed by atoms with Crippen molar-refractivity contribution >= 4 is 40.2 Å². The molecule has 8 heteroatoms. The van der Waals surface area contributed by atoms with Crippen LogP contribution in [0.3, 0.4) is 0 Å². The van der Waals surface area contributed by atoms with Gasteiger partial charge in [0.05, 0.1) is 5.52 Å². The third kappa shape index (κ3) is 5.92. The number of aryl methyl sites for hydroxylation is 1. The van der Waals surface area contributed by atoms with Crippen LogP contribution in [0.2, 0.25) is 0 Å². The van der Waals surface area contributed by atoms with Crippen molar-refractivity contribution in [3.05, 3.63) is 95.2 Å². The molecule has 0 aliphatic heterocycles. The third-order valence-corrected chi connectivity index (χ3v) is 6.00. The van der Waals surface area contributed by atoms with E-state index in [9.17, 15) is 14.7 Å². The molecular weight excluding hydrogens is 466 g/mol. The minimum absolute atomic E-state index is 0.0382. The maximum atomic E-state index is 13.1. The summed E-state index contributed by atoms with van der Waals surface area (Å²) >= 11 is 0. The van der Waals surface area contributed by atoms with Gasteiger partial charge >= 0.3 is 5.91 Å². The molecule has 0 radical (unpaired) electrons. The summed E-state index contributed by atoms with van der Waals surface area (Å²) in [5, 5.41) is 21.5. The minimum atomic E-state index is -0.751. The number of aromatic hydroxyl groups is 1. The van der Waals surface area contributed by atoms with Crippen molar-refractivity contribution in [2.24, 2.45) is 10.2 Å². The molecule has 37 heavy (non-hydrogen) atoms. The van der Waals surface area contributed by atoms with Crippen LogP contribution in [0, 0.1) is 6.92 Å². The number of carbonyl (C=O) groups is 2. The Labute approximate surface area is 215 Å². The highest BCUT2D eigenvalue weighted by Gasteiger charge is 2.16. The van der Waals surface area contributed by atoms with Crippen LogP contribution >= 0.6 is 0 Å². The predicted molar refractivity (Wildman–Crippen MR) is 146 cm³/mol. The van der Waals surface area contributed by atoms with Gasteiger partial charge in [-0.25, -0.2) is 0 Å². The molecule has 0 spiro atoms. The van der Waals surface area contributed by atoms with Gasteiger partial charge in [0.25, 0.3) is 5.91 Å². The summed E-state index contributed by atoms with van der Waals surface area (Å²) in [5.74, 6) is -1.39. The molecule has 0 aliphatic rings. The molecule has 0 atom stereocenters. The minimum Gasteiger partial charge on any atom is -0.493 e. The van der Waals surface area contributed by atoms with E-state index < -0.39 is 11.8 Å². The molecule has 4 aromatic rings. The molecule has 1 aromatic heterocycles. The summed E-state index contributed by atoms with van der Waals surface area (Å²) in [6.45, 7) is 7.85. The van der Waals surface area contributed by atoms with Crippen molar-refractivity contribution in [1.82, 2.24) is 10.3 Å². The monoisotopic (exact) mass is 495 g/mol. The van der Waals surface area contributed by atoms with Crippen LogP contribution in [-0.4, -0.2) is 35.0 Å². The van der Waals surface area contributed by atoms with Gasteiger partial charge in [-0.05, 0) is 68.8 Å². The van der Waals surface area contributed by atoms with Gasteiger partial charge in [-0.1, -0.05) is 42.0 Å². The van der Waals surface area contributed by atoms with E-state index in [-0.39, 0.29) is 17.3 Å². The lowest BCUT2D eigenvalue weighted by Crippen LogP contribution is -2.26. The Bertz CT molecular complexity index is 1470. The molecule has 0 bridgehead atoms. The van der Waals surface area contributed by atoms with Crippen molar-refractivity contribution in [3.63, 3.8) is 0 Å². The highest BCUT2D eigenvalue weighted by Crippen LogP contribution is 2.36. The molecule has 3 N–H and O–H groups in total. The number of hydrogen-bond donors (Lipinski definition) is 3. The zero-order valence-corrected chi connectivity index (χ0v) is 21.0. The van der Waals surface area contributed by atoms with Crippen LogP contribution in [0.1, 0.15) is 35.3 Å². The van der Waals surface area contributed by atoms with Gasteiger partial charge < -0.3 is 20.3 Å². The summed E-state index contributed by atoms with van der Waals surface area (Å²) in [6.07, 6.45) is 1.56. The summed E-state index contributed by atoms with van der Waals surface area (Å²) in [6, 6.07) is 21.8. The van der Waals surface area contributed by atoms with E-state index in [4.69, 9.17) is 0 Å². The number of anilines is 1. The second-order valence-electron chi connectivity index (χ2n) is 8.52. The van der Waals surface area contributed by atoms with Gasteiger partial charge in [0.1, 0.15) is 5.70 Å². The predicted octanol–water partition coefficient (Wildman–Crippen LogP) is 6.11. The first-order chi connectivity index (χ1) is 17.9. The van der Waals surface area contributed by atoms with Crippen molar-refractivity contribution in [1.29, 1.82) is 0 Å². The molecule has 3 aromatic carbocycles. The molecule has 0 saturated heterocycles. The Hall–Kier alpha value is -4.72. The van der Waals surface area contributed by atoms with Gasteiger partial charge in [0, 0.05) is 29.7 Å². The van der Waals surface area contributed by atoms with Crippen LogP contribution < -0.4 is 10.2 Å². The number of rotatable bonds is 8. The van der Waals surface area contributed by atoms with Crippen molar-refractivity contribution in [3.8, 4) is 5.88 Å². The number of hydrogen-bond acceptors (Lipinski definition) is 5. The molecule has 8 nitrogen and oxygen atoms in total. The summed E-state index contributed by atoms with van der Waals surface area (Å²) < 4.78 is 0. The lowest BCUT2D eigenvalue weighted by atomic mass is 10.1. The number of nitrogens with zero attached hydrogens (tertiary/aromatic N) is 3. The van der Waals surface area contributed by atoms with Gasteiger partial charge in [-0.15, -0.1) is 10.2 Å². The van der Waals surface area contributed by atoms with E-state index in [1.807, 2.05) is 49.4 Å². The Morgan fingerprint density at radius 3 is 2.38 bits per heavy atom. The van der Waals surface area contributed by atoms with E-state index in [2.05, 4.69) is 39.3 Å². The van der Waals surface area contributed by atoms with Crippen molar-refractivity contribution < 1.29 is 14.7 Å². The molecule has 1 heterocycles. The first-order valence-electron chi connectivity index (χ1n) is 12.1. The molecule has 4 rings (SSSR count). The topological polar surface area (TPSA) is 110 Å². The number of azo groups is 1. The van der Waals surface area contributed by atoms with Crippen LogP contribution in [-0.2, 0) is 4.79 Å². The Morgan fingerprint density at radius 1 is 1.00 bits per heavy atom. The Balaban J connectivity index is 1.66. The number of nitrogens with one attached hydrogen (secondary N) is 2. The van der Waals surface area contributed by atoms with E-state index >= 15 is 0 Å². The van der Waals surface area contributed by atoms with Gasteiger partial charge in [0.15, 0.2) is 5.69 Å². The standard InChI is InChI=1S/C29H29N5O3/c1-4-34(5-2)22-14-12-20(13-15-22)18-25(31-27(35)21-9-7-6-8-10-21)28(36)33-32-26-23-17-19(3)11-16-24(23)30-29(26)37/h6-18,30,37H,4-5H2,1-3H3,(H,31,35)/b25-18+,33-32?. The number of carbonyl (C=O) groups excluding carboxylic acids is 2. The smallest absolute Gasteiger partial charge is 0.311 e. The number of benzene rings is 3. The molecular formula is C29H29N5O3. The largest absolute Gasteiger partial charge is 0.493 e. The summed E-state index contributed by atoms with van der Waals surface area (Å²) in [4.78, 5) is 31.0. The highest BCUT2D eigenvalue weighted by atomic mass is 16.3. The lowest BCUT2D eigenvalue weighted by Gasteiger charge is -2.20. The average Bonchev–Trinajstić information content (AvgIpc) is 3.22. The summed E-state index contributed by atoms with van der Waals surface area (Å²) in [7, 11) is 0. The number of fused-ring (bicyclic) bond motifs is 1. The first kappa shape index (κ1) is 25.4. The molecule has 0 fully saturated rings. The lowest BCUT2D eigenvalue weighted by molar-refractivity contribution is -0.115. The van der Waals surface area contributed by atoms with Crippen LogP contribution in [0.15, 0.2) is 88.7 Å². The fourth-order valence-electron chi connectivity index (χ4n) is 4.00. The zero-order chi connectivity index (χ0) is 26.4. The fraction of sp³-hybridized carbons (Fsp3) is 0.172. The van der Waals surface area contributed by atoms with Crippen LogP contribution in [0.25, 0.3) is 17.0 Å². The van der Waals surface area contributed by atoms with E-state index in [1.54, 1.807) is 36.4 Å². The Morgan fingerprint density at radius 2 is 1.70 bits per heavy atom. The highest BCUT2D eigenvalue weighted by molar-refractivity contribution is 6.05. The molecule has 188 valence electrons. The zero-order valence-electron chi connectivity index (χ0n) is 21.0. The number of aromatic amines is 1. The number of amides is 2. The van der Waals surface area contributed by atoms with E-state index in [0.29, 0.717) is 22.0 Å². The third-order valence-electron chi connectivity index (χ3n) is 6.00.